The summed E-state index contributed by atoms with van der Waals surface area (Å²) in [4.78, 5) is 2.35. The summed E-state index contributed by atoms with van der Waals surface area (Å²) in [6, 6.07) is 12.8. The van der Waals surface area contributed by atoms with Gasteiger partial charge in [-0.3, -0.25) is 4.90 Å². The number of ether oxygens (including phenoxy) is 2. The molecule has 2 aromatic heterocycles. The van der Waals surface area contributed by atoms with Gasteiger partial charge in [-0.15, -0.1) is 0 Å². The number of rotatable bonds is 6. The summed E-state index contributed by atoms with van der Waals surface area (Å²) >= 11 is 0. The molecule has 3 heterocycles. The molecule has 1 aliphatic rings. The van der Waals surface area contributed by atoms with E-state index in [2.05, 4.69) is 16.1 Å². The van der Waals surface area contributed by atoms with Gasteiger partial charge in [0, 0.05) is 45.0 Å². The van der Waals surface area contributed by atoms with E-state index in [1.807, 2.05) is 28.9 Å². The molecule has 9 heteroatoms. The lowest BCUT2D eigenvalue weighted by molar-refractivity contribution is 0.179. The molecule has 8 nitrogen and oxygen atoms in total. The van der Waals surface area contributed by atoms with Crippen LogP contribution in [0.4, 0.5) is 0 Å². The number of methoxy groups -OCH3 is 2. The number of hydrogen-bond donors (Lipinski definition) is 0. The highest BCUT2D eigenvalue weighted by atomic mass is 32.2. The van der Waals surface area contributed by atoms with Crippen molar-refractivity contribution in [2.24, 2.45) is 0 Å². The van der Waals surface area contributed by atoms with Gasteiger partial charge in [-0.25, -0.2) is 12.9 Å². The predicted molar refractivity (Wildman–Crippen MR) is 109 cm³/mol. The Morgan fingerprint density at radius 2 is 1.79 bits per heavy atom. The maximum Gasteiger partial charge on any atom is 0.246 e. The van der Waals surface area contributed by atoms with Crippen molar-refractivity contribution in [1.82, 2.24) is 18.8 Å². The molecular formula is C20H24N4O4S. The van der Waals surface area contributed by atoms with Gasteiger partial charge < -0.3 is 9.47 Å². The molecule has 0 saturated carbocycles. The Labute approximate surface area is 170 Å². The number of benzene rings is 1. The van der Waals surface area contributed by atoms with Crippen LogP contribution in [0.15, 0.2) is 53.6 Å². The minimum absolute atomic E-state index is 0.133. The van der Waals surface area contributed by atoms with E-state index in [0.29, 0.717) is 44.2 Å². The number of sulfonamides is 1. The standard InChI is InChI=1S/C20H24N4O4S/c1-27-18-6-7-19(28-2)20(14-18)29(25,26)23-11-9-22(10-12-23)15-16-13-17-5-3-4-8-24(17)21-16/h3-8,13-14H,9-12,15H2,1-2H3. The molecule has 1 aromatic carbocycles. The topological polar surface area (TPSA) is 76.4 Å². The molecule has 1 aliphatic heterocycles. The van der Waals surface area contributed by atoms with Gasteiger partial charge in [-0.1, -0.05) is 6.07 Å². The Morgan fingerprint density at radius 3 is 2.48 bits per heavy atom. The van der Waals surface area contributed by atoms with E-state index in [-0.39, 0.29) is 4.90 Å². The summed E-state index contributed by atoms with van der Waals surface area (Å²) in [5.41, 5.74) is 2.02. The zero-order valence-corrected chi connectivity index (χ0v) is 17.3. The highest BCUT2D eigenvalue weighted by Gasteiger charge is 2.31. The summed E-state index contributed by atoms with van der Waals surface area (Å²) < 4.78 is 40.2. The molecule has 0 amide bonds. The average Bonchev–Trinajstić information content (AvgIpc) is 3.16. The van der Waals surface area contributed by atoms with Gasteiger partial charge in [0.2, 0.25) is 10.0 Å². The minimum atomic E-state index is -3.67. The Kier molecular flexibility index (Phi) is 5.44. The van der Waals surface area contributed by atoms with E-state index in [0.717, 1.165) is 11.2 Å². The van der Waals surface area contributed by atoms with Crippen LogP contribution in [0.5, 0.6) is 11.5 Å². The van der Waals surface area contributed by atoms with Crippen molar-refractivity contribution in [3.63, 3.8) is 0 Å². The molecule has 3 aromatic rings. The van der Waals surface area contributed by atoms with Crippen molar-refractivity contribution in [1.29, 1.82) is 0 Å². The van der Waals surface area contributed by atoms with Crippen LogP contribution in [0.1, 0.15) is 5.69 Å². The van der Waals surface area contributed by atoms with Crippen LogP contribution >= 0.6 is 0 Å². The van der Waals surface area contributed by atoms with Crippen LogP contribution in [0, 0.1) is 0 Å². The second kappa shape index (κ2) is 8.02. The molecule has 0 N–H and O–H groups in total. The van der Waals surface area contributed by atoms with E-state index < -0.39 is 10.0 Å². The smallest absolute Gasteiger partial charge is 0.246 e. The molecular weight excluding hydrogens is 392 g/mol. The highest BCUT2D eigenvalue weighted by Crippen LogP contribution is 2.31. The number of nitrogens with zero attached hydrogens (tertiary/aromatic N) is 4. The molecule has 1 fully saturated rings. The SMILES string of the molecule is COc1ccc(OC)c(S(=O)(=O)N2CCN(Cc3cc4ccccn4n3)CC2)c1. The van der Waals surface area contributed by atoms with Crippen molar-refractivity contribution in [2.45, 2.75) is 11.4 Å². The van der Waals surface area contributed by atoms with E-state index in [4.69, 9.17) is 9.47 Å². The third-order valence-corrected chi connectivity index (χ3v) is 7.05. The third kappa shape index (κ3) is 3.93. The first kappa shape index (κ1) is 19.7. The van der Waals surface area contributed by atoms with Gasteiger partial charge in [-0.05, 0) is 30.3 Å². The molecule has 154 valence electrons. The zero-order valence-electron chi connectivity index (χ0n) is 16.5. The third-order valence-electron chi connectivity index (χ3n) is 5.13. The van der Waals surface area contributed by atoms with E-state index in [9.17, 15) is 8.42 Å². The molecule has 0 unspecified atom stereocenters. The van der Waals surface area contributed by atoms with Crippen molar-refractivity contribution in [2.75, 3.05) is 40.4 Å². The summed E-state index contributed by atoms with van der Waals surface area (Å²) in [5.74, 6) is 0.799. The van der Waals surface area contributed by atoms with Crippen molar-refractivity contribution in [3.8, 4) is 11.5 Å². The molecule has 0 atom stereocenters. The summed E-state index contributed by atoms with van der Waals surface area (Å²) in [6.45, 7) is 2.79. The fourth-order valence-corrected chi connectivity index (χ4v) is 5.14. The molecule has 0 aliphatic carbocycles. The highest BCUT2D eigenvalue weighted by molar-refractivity contribution is 7.89. The van der Waals surface area contributed by atoms with Crippen LogP contribution < -0.4 is 9.47 Å². The van der Waals surface area contributed by atoms with Gasteiger partial charge in [0.1, 0.15) is 16.4 Å². The first-order chi connectivity index (χ1) is 14.0. The molecule has 0 spiro atoms. The average molecular weight is 417 g/mol. The van der Waals surface area contributed by atoms with Crippen molar-refractivity contribution >= 4 is 15.5 Å². The van der Waals surface area contributed by atoms with E-state index in [1.54, 1.807) is 12.1 Å². The molecule has 29 heavy (non-hydrogen) atoms. The Hall–Kier alpha value is -2.62. The lowest BCUT2D eigenvalue weighted by Gasteiger charge is -2.33. The number of piperazine rings is 1. The van der Waals surface area contributed by atoms with Gasteiger partial charge >= 0.3 is 0 Å². The van der Waals surface area contributed by atoms with Crippen LogP contribution in [0.25, 0.3) is 5.52 Å². The first-order valence-corrected chi connectivity index (χ1v) is 10.8. The largest absolute Gasteiger partial charge is 0.497 e. The van der Waals surface area contributed by atoms with Crippen LogP contribution in [0.2, 0.25) is 0 Å². The zero-order chi connectivity index (χ0) is 20.4. The monoisotopic (exact) mass is 416 g/mol. The van der Waals surface area contributed by atoms with Crippen molar-refractivity contribution in [3.05, 3.63) is 54.4 Å². The summed E-state index contributed by atoms with van der Waals surface area (Å²) in [7, 11) is -0.696. The normalized spacial score (nSPS) is 16.2. The Morgan fingerprint density at radius 1 is 1.00 bits per heavy atom. The first-order valence-electron chi connectivity index (χ1n) is 9.39. The van der Waals surface area contributed by atoms with Gasteiger partial charge in [-0.2, -0.15) is 9.40 Å². The maximum atomic E-state index is 13.2. The Bertz CT molecular complexity index is 1070. The van der Waals surface area contributed by atoms with Crippen LogP contribution in [0.3, 0.4) is 0 Å². The number of aromatic nitrogens is 2. The second-order valence-corrected chi connectivity index (χ2v) is 8.81. The number of hydrogen-bond acceptors (Lipinski definition) is 6. The molecule has 4 rings (SSSR count). The van der Waals surface area contributed by atoms with Crippen molar-refractivity contribution < 1.29 is 17.9 Å². The second-order valence-electron chi connectivity index (χ2n) is 6.90. The quantitative estimate of drug-likeness (QED) is 0.611. The molecule has 1 saturated heterocycles. The lowest BCUT2D eigenvalue weighted by Crippen LogP contribution is -2.48. The predicted octanol–water partition coefficient (Wildman–Crippen LogP) is 1.86. The Balaban J connectivity index is 1.46. The number of fused-ring (bicyclic) bond motifs is 1. The van der Waals surface area contributed by atoms with E-state index >= 15 is 0 Å². The van der Waals surface area contributed by atoms with Gasteiger partial charge in [0.25, 0.3) is 0 Å². The van der Waals surface area contributed by atoms with Gasteiger partial charge in [0.15, 0.2) is 0 Å². The van der Waals surface area contributed by atoms with Gasteiger partial charge in [0.05, 0.1) is 25.4 Å². The fraction of sp³-hybridized carbons (Fsp3) is 0.350. The summed E-state index contributed by atoms with van der Waals surface area (Å²) in [6.07, 6.45) is 1.92. The minimum Gasteiger partial charge on any atom is -0.497 e. The van der Waals surface area contributed by atoms with Crippen LogP contribution in [-0.4, -0.2) is 67.6 Å². The van der Waals surface area contributed by atoms with E-state index in [1.165, 1.54) is 24.6 Å². The fourth-order valence-electron chi connectivity index (χ4n) is 3.55. The lowest BCUT2D eigenvalue weighted by atomic mass is 10.3. The molecule has 0 radical (unpaired) electrons. The maximum absolute atomic E-state index is 13.2. The van der Waals surface area contributed by atoms with Crippen LogP contribution in [-0.2, 0) is 16.6 Å². The number of pyridine rings is 1. The summed E-state index contributed by atoms with van der Waals surface area (Å²) in [5, 5.41) is 4.58. The molecule has 0 bridgehead atoms.